The zero-order chi connectivity index (χ0) is 14.8. The van der Waals surface area contributed by atoms with Crippen LogP contribution in [0.2, 0.25) is 0 Å². The van der Waals surface area contributed by atoms with Crippen LogP contribution in [0.3, 0.4) is 0 Å². The Kier molecular flexibility index (Phi) is 4.60. The van der Waals surface area contributed by atoms with E-state index >= 15 is 0 Å². The molecule has 1 heterocycles. The Morgan fingerprint density at radius 1 is 1.38 bits per heavy atom. The Morgan fingerprint density at radius 2 is 2.24 bits per heavy atom. The van der Waals surface area contributed by atoms with Gasteiger partial charge in [-0.25, -0.2) is 0 Å². The van der Waals surface area contributed by atoms with Gasteiger partial charge in [-0.05, 0) is 56.3 Å². The van der Waals surface area contributed by atoms with Crippen LogP contribution in [0.5, 0.6) is 5.75 Å². The van der Waals surface area contributed by atoms with Crippen molar-refractivity contribution in [3.8, 4) is 5.75 Å². The first-order valence-corrected chi connectivity index (χ1v) is 9.17. The summed E-state index contributed by atoms with van der Waals surface area (Å²) in [5.41, 5.74) is 2.22. The van der Waals surface area contributed by atoms with E-state index in [4.69, 9.17) is 17.0 Å². The maximum absolute atomic E-state index is 5.71. The van der Waals surface area contributed by atoms with Gasteiger partial charge in [-0.3, -0.25) is 0 Å². The number of para-hydroxylation sites is 1. The number of ether oxygens (including phenoxy) is 1. The maximum atomic E-state index is 5.71. The Labute approximate surface area is 135 Å². The van der Waals surface area contributed by atoms with Gasteiger partial charge in [-0.15, -0.1) is 0 Å². The van der Waals surface area contributed by atoms with Crippen LogP contribution in [0.15, 0.2) is 18.2 Å². The molecule has 1 aliphatic carbocycles. The number of nitrogens with one attached hydrogen (secondary N) is 1. The molecular weight excluding hydrogens is 300 g/mol. The van der Waals surface area contributed by atoms with Crippen molar-refractivity contribution >= 4 is 35.0 Å². The molecule has 1 N–H and O–H groups in total. The highest BCUT2D eigenvalue weighted by Gasteiger charge is 2.27. The van der Waals surface area contributed by atoms with Crippen LogP contribution in [-0.4, -0.2) is 27.2 Å². The highest BCUT2D eigenvalue weighted by molar-refractivity contribution is 7.99. The Bertz CT molecular complexity index is 676. The number of thioether (sulfide) groups is 1. The van der Waals surface area contributed by atoms with Gasteiger partial charge in [0.1, 0.15) is 11.3 Å². The van der Waals surface area contributed by atoms with E-state index in [0.717, 1.165) is 21.3 Å². The summed E-state index contributed by atoms with van der Waals surface area (Å²) in [7, 11) is 0. The maximum Gasteiger partial charge on any atom is 0.178 e. The normalized spacial score (nSPS) is 22.0. The molecule has 0 spiro atoms. The predicted molar refractivity (Wildman–Crippen MR) is 93.1 cm³/mol. The Morgan fingerprint density at radius 3 is 3.00 bits per heavy atom. The predicted octanol–water partition coefficient (Wildman–Crippen LogP) is 4.94. The molecule has 3 rings (SSSR count). The van der Waals surface area contributed by atoms with Crippen LogP contribution in [0.1, 0.15) is 39.2 Å². The smallest absolute Gasteiger partial charge is 0.178 e. The molecular formula is C16H22N2OS2. The molecule has 5 heteroatoms. The molecule has 1 aliphatic rings. The summed E-state index contributed by atoms with van der Waals surface area (Å²) in [5, 5.41) is 0.780. The molecule has 0 saturated heterocycles. The minimum atomic E-state index is 0.521. The first kappa shape index (κ1) is 15.0. The summed E-state index contributed by atoms with van der Waals surface area (Å²) >= 11 is 7.66. The lowest BCUT2D eigenvalue weighted by Crippen LogP contribution is -2.06. The zero-order valence-electron chi connectivity index (χ0n) is 12.6. The number of rotatable bonds is 5. The molecule has 0 bridgehead atoms. The van der Waals surface area contributed by atoms with Crippen molar-refractivity contribution in [2.45, 2.75) is 44.4 Å². The lowest BCUT2D eigenvalue weighted by molar-refractivity contribution is 0.343. The Balaban J connectivity index is 1.98. The van der Waals surface area contributed by atoms with Crippen LogP contribution in [0.4, 0.5) is 0 Å². The third-order valence-electron chi connectivity index (χ3n) is 4.14. The molecule has 1 saturated carbocycles. The van der Waals surface area contributed by atoms with Gasteiger partial charge in [0.15, 0.2) is 4.77 Å². The number of hydrogen-bond donors (Lipinski definition) is 1. The Hall–Kier alpha value is -0.940. The minimum absolute atomic E-state index is 0.521. The van der Waals surface area contributed by atoms with Crippen molar-refractivity contribution < 1.29 is 4.74 Å². The molecule has 1 aromatic heterocycles. The highest BCUT2D eigenvalue weighted by Crippen LogP contribution is 2.39. The van der Waals surface area contributed by atoms with Gasteiger partial charge < -0.3 is 14.3 Å². The van der Waals surface area contributed by atoms with E-state index in [1.54, 1.807) is 0 Å². The number of fused-ring (bicyclic) bond motifs is 1. The fourth-order valence-electron chi connectivity index (χ4n) is 3.30. The third kappa shape index (κ3) is 2.86. The summed E-state index contributed by atoms with van der Waals surface area (Å²) in [5.74, 6) is 2.10. The number of nitrogens with zero attached hydrogens (tertiary/aromatic N) is 1. The van der Waals surface area contributed by atoms with E-state index in [1.807, 2.05) is 13.0 Å². The average Bonchev–Trinajstić information content (AvgIpc) is 3.03. The summed E-state index contributed by atoms with van der Waals surface area (Å²) in [4.78, 5) is 3.35. The fourth-order valence-corrected chi connectivity index (χ4v) is 4.78. The lowest BCUT2D eigenvalue weighted by Gasteiger charge is -2.14. The molecule has 114 valence electrons. The average molecular weight is 322 g/mol. The molecule has 1 fully saturated rings. The summed E-state index contributed by atoms with van der Waals surface area (Å²) in [6.45, 7) is 4.92. The van der Waals surface area contributed by atoms with Crippen molar-refractivity contribution in [2.24, 2.45) is 0 Å². The number of aromatic nitrogens is 2. The summed E-state index contributed by atoms with van der Waals surface area (Å²) in [6.07, 6.45) is 3.74. The van der Waals surface area contributed by atoms with Crippen LogP contribution < -0.4 is 4.74 Å². The first-order chi connectivity index (χ1) is 10.2. The molecule has 2 aromatic rings. The van der Waals surface area contributed by atoms with Crippen molar-refractivity contribution in [3.05, 3.63) is 23.0 Å². The van der Waals surface area contributed by atoms with E-state index in [9.17, 15) is 0 Å². The topological polar surface area (TPSA) is 29.9 Å². The van der Waals surface area contributed by atoms with Gasteiger partial charge in [0.2, 0.25) is 0 Å². The standard InChI is InChI=1S/C16H22N2OS2/c1-3-19-14-7-5-6-13-15(14)17-16(20)18(13)11-8-9-12(10-11)21-4-2/h5-7,11-12H,3-4,8-10H2,1-2H3,(H,17,20). The van der Waals surface area contributed by atoms with E-state index < -0.39 is 0 Å². The van der Waals surface area contributed by atoms with Gasteiger partial charge in [0.05, 0.1) is 12.1 Å². The second kappa shape index (κ2) is 6.44. The monoisotopic (exact) mass is 322 g/mol. The van der Waals surface area contributed by atoms with Crippen LogP contribution >= 0.6 is 24.0 Å². The third-order valence-corrected chi connectivity index (χ3v) is 5.67. The number of imidazole rings is 1. The van der Waals surface area contributed by atoms with Gasteiger partial charge >= 0.3 is 0 Å². The van der Waals surface area contributed by atoms with Gasteiger partial charge in [0.25, 0.3) is 0 Å². The van der Waals surface area contributed by atoms with E-state index in [0.29, 0.717) is 12.6 Å². The number of hydrogen-bond acceptors (Lipinski definition) is 3. The highest BCUT2D eigenvalue weighted by atomic mass is 32.2. The molecule has 21 heavy (non-hydrogen) atoms. The fraction of sp³-hybridized carbons (Fsp3) is 0.562. The molecule has 0 amide bonds. The van der Waals surface area contributed by atoms with Crippen molar-refractivity contribution in [1.82, 2.24) is 9.55 Å². The number of benzene rings is 1. The summed E-state index contributed by atoms with van der Waals surface area (Å²) < 4.78 is 8.85. The molecule has 2 unspecified atom stereocenters. The molecule has 2 atom stereocenters. The van der Waals surface area contributed by atoms with Gasteiger partial charge in [-0.2, -0.15) is 11.8 Å². The summed E-state index contributed by atoms with van der Waals surface area (Å²) in [6, 6.07) is 6.72. The second-order valence-electron chi connectivity index (χ2n) is 5.43. The zero-order valence-corrected chi connectivity index (χ0v) is 14.2. The second-order valence-corrected chi connectivity index (χ2v) is 7.39. The van der Waals surface area contributed by atoms with E-state index in [1.165, 1.54) is 30.5 Å². The molecule has 0 aliphatic heterocycles. The van der Waals surface area contributed by atoms with Crippen molar-refractivity contribution in [2.75, 3.05) is 12.4 Å². The minimum Gasteiger partial charge on any atom is -0.492 e. The van der Waals surface area contributed by atoms with Crippen LogP contribution in [0, 0.1) is 4.77 Å². The van der Waals surface area contributed by atoms with Crippen molar-refractivity contribution in [3.63, 3.8) is 0 Å². The van der Waals surface area contributed by atoms with Gasteiger partial charge in [0, 0.05) is 11.3 Å². The van der Waals surface area contributed by atoms with E-state index in [-0.39, 0.29) is 0 Å². The molecule has 3 nitrogen and oxygen atoms in total. The quantitative estimate of drug-likeness (QED) is 0.790. The molecule has 0 radical (unpaired) electrons. The van der Waals surface area contributed by atoms with Gasteiger partial charge in [-0.1, -0.05) is 13.0 Å². The van der Waals surface area contributed by atoms with Crippen molar-refractivity contribution in [1.29, 1.82) is 0 Å². The largest absolute Gasteiger partial charge is 0.492 e. The number of aromatic amines is 1. The van der Waals surface area contributed by atoms with Crippen LogP contribution in [-0.2, 0) is 0 Å². The SMILES string of the molecule is CCOc1cccc2c1[nH]c(=S)n2C1CCC(SCC)C1. The first-order valence-electron chi connectivity index (χ1n) is 7.72. The number of H-pyrrole nitrogens is 1. The van der Waals surface area contributed by atoms with E-state index in [2.05, 4.69) is 40.4 Å². The lowest BCUT2D eigenvalue weighted by atomic mass is 10.2. The van der Waals surface area contributed by atoms with Crippen LogP contribution in [0.25, 0.3) is 11.0 Å². The molecule has 1 aromatic carbocycles.